The number of anilines is 1. The second-order valence-electron chi connectivity index (χ2n) is 8.62. The number of ether oxygens (including phenoxy) is 1. The molecule has 0 unspecified atom stereocenters. The number of nitrogens with zero attached hydrogens (tertiary/aromatic N) is 2. The van der Waals surface area contributed by atoms with Gasteiger partial charge in [-0.2, -0.15) is 0 Å². The van der Waals surface area contributed by atoms with E-state index in [0.717, 1.165) is 37.7 Å². The molecule has 0 radical (unpaired) electrons. The van der Waals surface area contributed by atoms with Crippen LogP contribution >= 0.6 is 11.3 Å². The number of aliphatic hydroxyl groups excluding tert-OH is 1. The Morgan fingerprint density at radius 3 is 2.61 bits per heavy atom. The van der Waals surface area contributed by atoms with Crippen LogP contribution in [0.5, 0.6) is 0 Å². The van der Waals surface area contributed by atoms with Crippen molar-refractivity contribution in [1.82, 2.24) is 9.88 Å². The first-order valence-corrected chi connectivity index (χ1v) is 12.2. The lowest BCUT2D eigenvalue weighted by Gasteiger charge is -2.17. The van der Waals surface area contributed by atoms with E-state index in [0.29, 0.717) is 36.0 Å². The van der Waals surface area contributed by atoms with Gasteiger partial charge in [0.15, 0.2) is 5.78 Å². The molecule has 1 amide bonds. The second kappa shape index (κ2) is 11.7. The van der Waals surface area contributed by atoms with Gasteiger partial charge in [0.2, 0.25) is 0 Å². The smallest absolute Gasteiger partial charge is 0.267 e. The molecule has 190 valence electrons. The van der Waals surface area contributed by atoms with Gasteiger partial charge in [-0.05, 0) is 55.8 Å². The number of para-hydroxylation sites is 1. The Morgan fingerprint density at radius 1 is 1.17 bits per heavy atom. The number of benzene rings is 2. The minimum absolute atomic E-state index is 0. The molecule has 2 heterocycles. The molecule has 4 rings (SSSR count). The average molecular weight is 508 g/mol. The molecule has 0 saturated carbocycles. The van der Waals surface area contributed by atoms with Crippen LogP contribution in [0.2, 0.25) is 0 Å². The molecule has 0 spiro atoms. The van der Waals surface area contributed by atoms with E-state index in [-0.39, 0.29) is 25.7 Å². The van der Waals surface area contributed by atoms with Crippen LogP contribution in [0, 0.1) is 6.92 Å². The fraction of sp³-hybridized carbons (Fsp3) is 0.321. The molecule has 4 aromatic rings. The van der Waals surface area contributed by atoms with Crippen LogP contribution in [-0.4, -0.2) is 54.0 Å². The van der Waals surface area contributed by atoms with E-state index in [1.807, 2.05) is 55.3 Å². The Morgan fingerprint density at radius 2 is 1.92 bits per heavy atom. The predicted octanol–water partition coefficient (Wildman–Crippen LogP) is 5.42. The van der Waals surface area contributed by atoms with Gasteiger partial charge in [-0.15, -0.1) is 11.3 Å². The number of amides is 1. The topological polar surface area (TPSA) is 91.8 Å². The second-order valence-corrected chi connectivity index (χ2v) is 9.64. The number of methoxy groups -OCH3 is 1. The van der Waals surface area contributed by atoms with E-state index in [1.54, 1.807) is 13.2 Å². The van der Waals surface area contributed by atoms with Gasteiger partial charge in [0.05, 0.1) is 23.6 Å². The van der Waals surface area contributed by atoms with Gasteiger partial charge in [0, 0.05) is 41.2 Å². The summed E-state index contributed by atoms with van der Waals surface area (Å²) < 4.78 is 6.15. The van der Waals surface area contributed by atoms with Gasteiger partial charge >= 0.3 is 0 Å². The lowest BCUT2D eigenvalue weighted by Crippen LogP contribution is -2.22. The van der Waals surface area contributed by atoms with Crippen LogP contribution in [0.25, 0.3) is 21.0 Å². The summed E-state index contributed by atoms with van der Waals surface area (Å²) in [5, 5.41) is 14.2. The normalized spacial score (nSPS) is 11.2. The number of thiophene rings is 1. The molecule has 0 aliphatic heterocycles. The van der Waals surface area contributed by atoms with Gasteiger partial charge in [0.1, 0.15) is 5.82 Å². The first-order chi connectivity index (χ1) is 16.8. The largest absolute Gasteiger partial charge is 0.395 e. The molecule has 0 bridgehead atoms. The Hall–Kier alpha value is -3.17. The highest BCUT2D eigenvalue weighted by molar-refractivity contribution is 7.21. The lowest BCUT2D eigenvalue weighted by molar-refractivity contribution is 0.101. The number of fused-ring (bicyclic) bond motifs is 2. The van der Waals surface area contributed by atoms with Crippen LogP contribution in [0.3, 0.4) is 0 Å². The molecule has 0 saturated heterocycles. The number of aliphatic hydroxyl groups is 1. The zero-order valence-electron chi connectivity index (χ0n) is 20.3. The van der Waals surface area contributed by atoms with Crippen molar-refractivity contribution in [3.63, 3.8) is 0 Å². The summed E-state index contributed by atoms with van der Waals surface area (Å²) in [6, 6.07) is 13.4. The number of hydrogen-bond donors (Lipinski definition) is 2. The number of hydrogen-bond acceptors (Lipinski definition) is 7. The third kappa shape index (κ3) is 5.47. The van der Waals surface area contributed by atoms with Gasteiger partial charge in [-0.3, -0.25) is 14.5 Å². The molecule has 36 heavy (non-hydrogen) atoms. The van der Waals surface area contributed by atoms with Crippen molar-refractivity contribution in [3.8, 4) is 0 Å². The van der Waals surface area contributed by atoms with E-state index >= 15 is 0 Å². The van der Waals surface area contributed by atoms with Gasteiger partial charge in [-0.25, -0.2) is 4.98 Å². The van der Waals surface area contributed by atoms with Crippen LogP contribution < -0.4 is 5.32 Å². The number of carbonyl (C=O) groups is 2. The molecule has 7 nitrogen and oxygen atoms in total. The Kier molecular flexibility index (Phi) is 8.92. The van der Waals surface area contributed by atoms with Crippen LogP contribution in [0.15, 0.2) is 42.5 Å². The van der Waals surface area contributed by atoms with Gasteiger partial charge < -0.3 is 15.2 Å². The zero-order valence-corrected chi connectivity index (χ0v) is 21.2. The van der Waals surface area contributed by atoms with Crippen LogP contribution in [0.1, 0.15) is 51.1 Å². The van der Waals surface area contributed by atoms with Crippen molar-refractivity contribution in [2.75, 3.05) is 32.6 Å². The third-order valence-electron chi connectivity index (χ3n) is 6.01. The highest BCUT2D eigenvalue weighted by atomic mass is 32.1. The number of aryl methyl sites for hydroxylation is 1. The van der Waals surface area contributed by atoms with E-state index in [1.165, 1.54) is 18.3 Å². The molecule has 0 atom stereocenters. The highest BCUT2D eigenvalue weighted by Crippen LogP contribution is 2.37. The Balaban J connectivity index is 0.00000361. The maximum absolute atomic E-state index is 13.4. The monoisotopic (exact) mass is 507 g/mol. The number of Topliss-reactive ketones (excluding diaryl/α,β-unsaturated/α-hetero) is 1. The van der Waals surface area contributed by atoms with Gasteiger partial charge in [-0.1, -0.05) is 31.7 Å². The van der Waals surface area contributed by atoms with E-state index in [2.05, 4.69) is 10.3 Å². The third-order valence-corrected chi connectivity index (χ3v) is 7.34. The maximum atomic E-state index is 13.4. The fourth-order valence-corrected chi connectivity index (χ4v) is 5.67. The number of aromatic nitrogens is 1. The number of nitrogens with one attached hydrogen (secondary N) is 1. The number of ketones is 1. The molecule has 0 aliphatic carbocycles. The highest BCUT2D eigenvalue weighted by Gasteiger charge is 2.22. The Labute approximate surface area is 215 Å². The first-order valence-electron chi connectivity index (χ1n) is 11.4. The van der Waals surface area contributed by atoms with E-state index in [4.69, 9.17) is 4.74 Å². The standard InChI is InChI=1S/C27H29N3O4S.CH4/c1-16-24-18(15-34-4)9-10-20(17(2)32)26(24)35-25(16)27(33)29-23-13-19(14-30(3)11-12-31)21-7-5-6-8-22(21)28-23;/h5-10,13,31H,11-12,14-15H2,1-4H3,(H,28,29,33);1H4. The summed E-state index contributed by atoms with van der Waals surface area (Å²) in [5.74, 6) is 0.154. The molecule has 8 heteroatoms. The average Bonchev–Trinajstić information content (AvgIpc) is 3.17. The van der Waals surface area contributed by atoms with Crippen molar-refractivity contribution in [3.05, 3.63) is 69.6 Å². The first kappa shape index (κ1) is 27.4. The summed E-state index contributed by atoms with van der Waals surface area (Å²) in [6.07, 6.45) is 0. The quantitative estimate of drug-likeness (QED) is 0.294. The summed E-state index contributed by atoms with van der Waals surface area (Å²) >= 11 is 1.32. The minimum Gasteiger partial charge on any atom is -0.395 e. The molecule has 2 aromatic carbocycles. The number of pyridine rings is 1. The molecule has 2 N–H and O–H groups in total. The van der Waals surface area contributed by atoms with E-state index in [9.17, 15) is 14.7 Å². The van der Waals surface area contributed by atoms with Crippen molar-refractivity contribution in [1.29, 1.82) is 0 Å². The molecular formula is C28H33N3O4S. The van der Waals surface area contributed by atoms with Crippen LogP contribution in [0.4, 0.5) is 5.82 Å². The summed E-state index contributed by atoms with van der Waals surface area (Å²) in [6.45, 7) is 5.05. The number of carbonyl (C=O) groups excluding carboxylic acids is 2. The lowest BCUT2D eigenvalue weighted by atomic mass is 10.0. The van der Waals surface area contributed by atoms with Crippen molar-refractivity contribution in [2.45, 2.75) is 34.4 Å². The fourth-order valence-electron chi connectivity index (χ4n) is 4.36. The van der Waals surface area contributed by atoms with Gasteiger partial charge in [0.25, 0.3) is 5.91 Å². The summed E-state index contributed by atoms with van der Waals surface area (Å²) in [7, 11) is 3.56. The van der Waals surface area contributed by atoms with E-state index < -0.39 is 0 Å². The molecular weight excluding hydrogens is 474 g/mol. The predicted molar refractivity (Wildman–Crippen MR) is 147 cm³/mol. The molecule has 0 fully saturated rings. The SMILES string of the molecule is C.COCc1ccc(C(C)=O)c2sc(C(=O)Nc3cc(CN(C)CCO)c4ccccc4n3)c(C)c12. The summed E-state index contributed by atoms with van der Waals surface area (Å²) in [4.78, 5) is 32.9. The number of rotatable bonds is 9. The van der Waals surface area contributed by atoms with Crippen molar-refractivity contribution in [2.24, 2.45) is 0 Å². The Bertz CT molecular complexity index is 1410. The number of likely N-dealkylation sites (N-methyl/N-ethyl adjacent to an activating group) is 1. The summed E-state index contributed by atoms with van der Waals surface area (Å²) in [5.41, 5.74) is 4.16. The zero-order chi connectivity index (χ0) is 25.1. The van der Waals surface area contributed by atoms with Crippen LogP contribution in [-0.2, 0) is 17.9 Å². The van der Waals surface area contributed by atoms with Crippen molar-refractivity contribution >= 4 is 49.8 Å². The minimum atomic E-state index is -0.265. The maximum Gasteiger partial charge on any atom is 0.267 e. The molecule has 0 aliphatic rings. The molecule has 2 aromatic heterocycles. The van der Waals surface area contributed by atoms with Crippen molar-refractivity contribution < 1.29 is 19.4 Å².